The van der Waals surface area contributed by atoms with Crippen LogP contribution >= 0.6 is 23.2 Å². The van der Waals surface area contributed by atoms with Crippen molar-refractivity contribution in [1.29, 1.82) is 0 Å². The second-order valence-corrected chi connectivity index (χ2v) is 12.7. The molecule has 0 aromatic heterocycles. The van der Waals surface area contributed by atoms with Gasteiger partial charge >= 0.3 is 0 Å². The van der Waals surface area contributed by atoms with E-state index in [0.29, 0.717) is 26.7 Å². The predicted octanol–water partition coefficient (Wildman–Crippen LogP) is 5.24. The normalized spacial score (nSPS) is 12.7. The standard InChI is InChI=1S/C27H31Cl2N3O4S/c1-18(26(34)30-27(2,3)4)31(16-19-13-14-22(28)23(29)15-19)25(33)17-32(37(5,35)36)24-12-8-10-20-9-6-7-11-21(20)24/h6-15,18H,16-17H2,1-5H3,(H,30,34)/t18-/m1/s1. The number of benzene rings is 3. The highest BCUT2D eigenvalue weighted by atomic mass is 35.5. The summed E-state index contributed by atoms with van der Waals surface area (Å²) in [5, 5.41) is 5.09. The molecule has 0 heterocycles. The average molecular weight is 565 g/mol. The Hall–Kier alpha value is -2.81. The largest absolute Gasteiger partial charge is 0.350 e. The number of fused-ring (bicyclic) bond motifs is 1. The summed E-state index contributed by atoms with van der Waals surface area (Å²) in [5.74, 6) is -0.905. The van der Waals surface area contributed by atoms with Gasteiger partial charge in [0.2, 0.25) is 21.8 Å². The maximum absolute atomic E-state index is 13.8. The lowest BCUT2D eigenvalue weighted by atomic mass is 10.1. The van der Waals surface area contributed by atoms with Gasteiger partial charge < -0.3 is 10.2 Å². The molecule has 1 N–H and O–H groups in total. The van der Waals surface area contributed by atoms with Crippen LogP contribution in [0.5, 0.6) is 0 Å². The van der Waals surface area contributed by atoms with Crippen molar-refractivity contribution in [2.45, 2.75) is 45.8 Å². The number of amides is 2. The molecular weight excluding hydrogens is 533 g/mol. The molecule has 0 fully saturated rings. The lowest BCUT2D eigenvalue weighted by Crippen LogP contribution is -2.54. The van der Waals surface area contributed by atoms with Crippen LogP contribution in [0.2, 0.25) is 10.0 Å². The third-order valence-corrected chi connectivity index (χ3v) is 7.58. The van der Waals surface area contributed by atoms with Gasteiger partial charge in [-0.3, -0.25) is 13.9 Å². The maximum Gasteiger partial charge on any atom is 0.244 e. The second kappa shape index (κ2) is 11.3. The number of carbonyl (C=O) groups is 2. The maximum atomic E-state index is 13.8. The van der Waals surface area contributed by atoms with E-state index in [0.717, 1.165) is 15.9 Å². The zero-order valence-electron chi connectivity index (χ0n) is 21.5. The van der Waals surface area contributed by atoms with Gasteiger partial charge in [-0.2, -0.15) is 0 Å². The Bertz CT molecular complexity index is 1420. The van der Waals surface area contributed by atoms with E-state index in [-0.39, 0.29) is 12.5 Å². The van der Waals surface area contributed by atoms with Gasteiger partial charge in [0.05, 0.1) is 22.0 Å². The summed E-state index contributed by atoms with van der Waals surface area (Å²) in [7, 11) is -3.85. The van der Waals surface area contributed by atoms with Crippen molar-refractivity contribution >= 4 is 61.5 Å². The third-order valence-electron chi connectivity index (χ3n) is 5.72. The first-order valence-corrected chi connectivity index (χ1v) is 14.3. The van der Waals surface area contributed by atoms with Crippen LogP contribution in [0, 0.1) is 0 Å². The highest BCUT2D eigenvalue weighted by Gasteiger charge is 2.32. The SMILES string of the molecule is C[C@H](C(=O)NC(C)(C)C)N(Cc1ccc(Cl)c(Cl)c1)C(=O)CN(c1cccc2ccccc12)S(C)(=O)=O. The number of nitrogens with zero attached hydrogens (tertiary/aromatic N) is 2. The molecule has 1 atom stereocenters. The molecule has 10 heteroatoms. The van der Waals surface area contributed by atoms with Gasteiger partial charge in [-0.25, -0.2) is 8.42 Å². The first-order valence-electron chi connectivity index (χ1n) is 11.7. The summed E-state index contributed by atoms with van der Waals surface area (Å²) >= 11 is 12.2. The minimum atomic E-state index is -3.85. The van der Waals surface area contributed by atoms with Crippen LogP contribution in [0.1, 0.15) is 33.3 Å². The van der Waals surface area contributed by atoms with Gasteiger partial charge in [0.25, 0.3) is 0 Å². The molecule has 2 amide bonds. The van der Waals surface area contributed by atoms with Gasteiger partial charge in [-0.1, -0.05) is 65.7 Å². The van der Waals surface area contributed by atoms with E-state index < -0.39 is 34.1 Å². The summed E-state index contributed by atoms with van der Waals surface area (Å²) in [6.07, 6.45) is 1.06. The summed E-state index contributed by atoms with van der Waals surface area (Å²) in [6, 6.07) is 16.7. The van der Waals surface area contributed by atoms with Gasteiger partial charge in [-0.15, -0.1) is 0 Å². The van der Waals surface area contributed by atoms with Gasteiger partial charge in [-0.05, 0) is 56.8 Å². The number of hydrogen-bond acceptors (Lipinski definition) is 4. The number of rotatable bonds is 8. The van der Waals surface area contributed by atoms with E-state index in [1.807, 2.05) is 45.0 Å². The van der Waals surface area contributed by atoms with E-state index in [2.05, 4.69) is 5.32 Å². The molecule has 0 aliphatic heterocycles. The monoisotopic (exact) mass is 563 g/mol. The van der Waals surface area contributed by atoms with Crippen LogP contribution in [-0.2, 0) is 26.2 Å². The van der Waals surface area contributed by atoms with E-state index in [1.165, 1.54) is 4.90 Å². The number of carbonyl (C=O) groups excluding carboxylic acids is 2. The fourth-order valence-electron chi connectivity index (χ4n) is 3.91. The number of nitrogens with one attached hydrogen (secondary N) is 1. The molecular formula is C27H31Cl2N3O4S. The van der Waals surface area contributed by atoms with Crippen LogP contribution < -0.4 is 9.62 Å². The zero-order valence-corrected chi connectivity index (χ0v) is 23.8. The zero-order chi connectivity index (χ0) is 27.5. The topological polar surface area (TPSA) is 86.8 Å². The average Bonchev–Trinajstić information content (AvgIpc) is 2.80. The molecule has 0 aliphatic rings. The summed E-state index contributed by atoms with van der Waals surface area (Å²) in [5.41, 5.74) is 0.509. The van der Waals surface area contributed by atoms with Gasteiger partial charge in [0.1, 0.15) is 12.6 Å². The molecule has 3 rings (SSSR count). The van der Waals surface area contributed by atoms with Crippen molar-refractivity contribution in [3.8, 4) is 0 Å². The Morgan fingerprint density at radius 1 is 0.973 bits per heavy atom. The van der Waals surface area contributed by atoms with Gasteiger partial charge in [0, 0.05) is 17.5 Å². The number of halogens is 2. The van der Waals surface area contributed by atoms with E-state index >= 15 is 0 Å². The van der Waals surface area contributed by atoms with Crippen molar-refractivity contribution in [3.63, 3.8) is 0 Å². The highest BCUT2D eigenvalue weighted by molar-refractivity contribution is 7.92. The van der Waals surface area contributed by atoms with Crippen molar-refractivity contribution in [1.82, 2.24) is 10.2 Å². The Balaban J connectivity index is 2.01. The molecule has 3 aromatic rings. The first-order chi connectivity index (χ1) is 17.2. The minimum Gasteiger partial charge on any atom is -0.350 e. The summed E-state index contributed by atoms with van der Waals surface area (Å²) in [6.45, 7) is 6.68. The quantitative estimate of drug-likeness (QED) is 0.405. The smallest absolute Gasteiger partial charge is 0.244 e. The first kappa shape index (κ1) is 28.8. The molecule has 37 heavy (non-hydrogen) atoms. The number of anilines is 1. The van der Waals surface area contributed by atoms with Crippen molar-refractivity contribution < 1.29 is 18.0 Å². The molecule has 0 unspecified atom stereocenters. The Morgan fingerprint density at radius 2 is 1.62 bits per heavy atom. The van der Waals surface area contributed by atoms with E-state index in [9.17, 15) is 18.0 Å². The molecule has 0 saturated heterocycles. The highest BCUT2D eigenvalue weighted by Crippen LogP contribution is 2.29. The third kappa shape index (κ3) is 7.37. The minimum absolute atomic E-state index is 0.0294. The van der Waals surface area contributed by atoms with Crippen LogP contribution in [0.15, 0.2) is 60.7 Å². The second-order valence-electron chi connectivity index (χ2n) is 9.95. The fourth-order valence-corrected chi connectivity index (χ4v) is 5.09. The van der Waals surface area contributed by atoms with Crippen molar-refractivity contribution in [2.75, 3.05) is 17.1 Å². The Kier molecular flexibility index (Phi) is 8.78. The van der Waals surface area contributed by atoms with Crippen molar-refractivity contribution in [2.24, 2.45) is 0 Å². The van der Waals surface area contributed by atoms with Crippen LogP contribution in [0.4, 0.5) is 5.69 Å². The summed E-state index contributed by atoms with van der Waals surface area (Å²) in [4.78, 5) is 28.2. The lowest BCUT2D eigenvalue weighted by Gasteiger charge is -2.33. The van der Waals surface area contributed by atoms with E-state index in [4.69, 9.17) is 23.2 Å². The van der Waals surface area contributed by atoms with Crippen LogP contribution in [0.3, 0.4) is 0 Å². The molecule has 0 aliphatic carbocycles. The van der Waals surface area contributed by atoms with Gasteiger partial charge in [0.15, 0.2) is 0 Å². The van der Waals surface area contributed by atoms with Crippen LogP contribution in [0.25, 0.3) is 10.8 Å². The molecule has 0 saturated carbocycles. The molecule has 3 aromatic carbocycles. The molecule has 7 nitrogen and oxygen atoms in total. The number of hydrogen-bond donors (Lipinski definition) is 1. The van der Waals surface area contributed by atoms with Crippen LogP contribution in [-0.4, -0.2) is 49.5 Å². The lowest BCUT2D eigenvalue weighted by molar-refractivity contribution is -0.140. The van der Waals surface area contributed by atoms with Crippen molar-refractivity contribution in [3.05, 3.63) is 76.3 Å². The molecule has 0 spiro atoms. The summed E-state index contributed by atoms with van der Waals surface area (Å²) < 4.78 is 26.9. The number of sulfonamides is 1. The Morgan fingerprint density at radius 3 is 2.24 bits per heavy atom. The molecule has 0 radical (unpaired) electrons. The molecule has 198 valence electrons. The van der Waals surface area contributed by atoms with E-state index in [1.54, 1.807) is 43.3 Å². The molecule has 0 bridgehead atoms. The predicted molar refractivity (Wildman–Crippen MR) is 151 cm³/mol. The fraction of sp³-hybridized carbons (Fsp3) is 0.333. The Labute approximate surface area is 228 Å².